The second-order valence-corrected chi connectivity index (χ2v) is 6.21. The minimum Gasteiger partial charge on any atom is -0.480 e. The van der Waals surface area contributed by atoms with Crippen LogP contribution in [0.1, 0.15) is 44.9 Å². The van der Waals surface area contributed by atoms with E-state index in [-0.39, 0.29) is 0 Å². The molecule has 0 amide bonds. The van der Waals surface area contributed by atoms with Gasteiger partial charge in [-0.05, 0) is 31.0 Å². The van der Waals surface area contributed by atoms with Gasteiger partial charge >= 0.3 is 5.97 Å². The quantitative estimate of drug-likeness (QED) is 0.864. The fourth-order valence-electron chi connectivity index (χ4n) is 2.74. The predicted molar refractivity (Wildman–Crippen MR) is 80.5 cm³/mol. The monoisotopic (exact) mass is 325 g/mol. The van der Waals surface area contributed by atoms with Crippen LogP contribution < -0.4 is 5.32 Å². The summed E-state index contributed by atoms with van der Waals surface area (Å²) >= 11 is 3.42. The van der Waals surface area contributed by atoms with E-state index in [4.69, 9.17) is 0 Å². The van der Waals surface area contributed by atoms with E-state index in [1.54, 1.807) is 0 Å². The maximum absolute atomic E-state index is 11.8. The summed E-state index contributed by atoms with van der Waals surface area (Å²) in [6, 6.07) is 7.72. The van der Waals surface area contributed by atoms with Gasteiger partial charge in [-0.2, -0.15) is 0 Å². The van der Waals surface area contributed by atoms with Crippen molar-refractivity contribution in [2.45, 2.75) is 50.5 Å². The summed E-state index contributed by atoms with van der Waals surface area (Å²) in [5, 5.41) is 12.9. The number of nitrogens with one attached hydrogen (secondary N) is 1. The number of carboxylic acid groups (broad SMARTS) is 1. The van der Waals surface area contributed by atoms with Crippen LogP contribution in [0.5, 0.6) is 0 Å². The van der Waals surface area contributed by atoms with Crippen LogP contribution in [0.15, 0.2) is 28.7 Å². The first-order valence-corrected chi connectivity index (χ1v) is 7.69. The molecule has 0 radical (unpaired) electrons. The van der Waals surface area contributed by atoms with Crippen molar-refractivity contribution in [2.75, 3.05) is 5.32 Å². The van der Waals surface area contributed by atoms with Gasteiger partial charge in [-0.15, -0.1) is 0 Å². The molecule has 3 nitrogen and oxygen atoms in total. The number of hydrogen-bond acceptors (Lipinski definition) is 2. The summed E-state index contributed by atoms with van der Waals surface area (Å²) in [5.41, 5.74) is 0.0682. The number of carbonyl (C=O) groups is 1. The molecule has 4 heteroatoms. The molecule has 2 N–H and O–H groups in total. The highest BCUT2D eigenvalue weighted by atomic mass is 79.9. The van der Waals surface area contributed by atoms with Crippen LogP contribution in [-0.4, -0.2) is 16.6 Å². The van der Waals surface area contributed by atoms with Crippen molar-refractivity contribution >= 4 is 27.6 Å². The van der Waals surface area contributed by atoms with Gasteiger partial charge in [0.2, 0.25) is 0 Å². The summed E-state index contributed by atoms with van der Waals surface area (Å²) in [4.78, 5) is 11.8. The zero-order valence-corrected chi connectivity index (χ0v) is 12.6. The second-order valence-electron chi connectivity index (χ2n) is 5.29. The Balaban J connectivity index is 2.20. The molecule has 1 aliphatic rings. The molecule has 0 bridgehead atoms. The molecule has 19 heavy (non-hydrogen) atoms. The van der Waals surface area contributed by atoms with Crippen LogP contribution in [0.25, 0.3) is 0 Å². The molecule has 0 spiro atoms. The van der Waals surface area contributed by atoms with Crippen molar-refractivity contribution in [1.29, 1.82) is 0 Å². The third-order valence-corrected chi connectivity index (χ3v) is 4.32. The van der Waals surface area contributed by atoms with Gasteiger partial charge in [0.25, 0.3) is 0 Å². The smallest absolute Gasteiger partial charge is 0.329 e. The van der Waals surface area contributed by atoms with Crippen LogP contribution in [0, 0.1) is 0 Å². The highest BCUT2D eigenvalue weighted by Gasteiger charge is 2.37. The third kappa shape index (κ3) is 3.72. The topological polar surface area (TPSA) is 49.3 Å². The molecule has 0 unspecified atom stereocenters. The Morgan fingerprint density at radius 2 is 1.79 bits per heavy atom. The molecule has 1 aromatic rings. The minimum absolute atomic E-state index is 0.703. The first-order chi connectivity index (χ1) is 9.12. The first kappa shape index (κ1) is 14.4. The number of carboxylic acids is 1. The Morgan fingerprint density at radius 3 is 2.37 bits per heavy atom. The standard InChI is InChI=1S/C15H20BrNO2/c16-12-7-6-8-13(11-12)17-15(14(18)19)9-4-2-1-3-5-10-15/h6-8,11,17H,1-5,9-10H2,(H,18,19). The van der Waals surface area contributed by atoms with E-state index in [0.717, 1.165) is 35.8 Å². The Labute approximate surface area is 122 Å². The van der Waals surface area contributed by atoms with Crippen molar-refractivity contribution in [3.63, 3.8) is 0 Å². The van der Waals surface area contributed by atoms with Crippen LogP contribution >= 0.6 is 15.9 Å². The number of halogens is 1. The van der Waals surface area contributed by atoms with Crippen LogP contribution in [0.4, 0.5) is 5.69 Å². The van der Waals surface area contributed by atoms with Gasteiger partial charge in [-0.1, -0.05) is 54.1 Å². The van der Waals surface area contributed by atoms with Crippen molar-refractivity contribution < 1.29 is 9.90 Å². The Kier molecular flexibility index (Phi) is 4.86. The zero-order valence-electron chi connectivity index (χ0n) is 11.0. The normalized spacial score (nSPS) is 19.2. The molecule has 0 saturated heterocycles. The molecular formula is C15H20BrNO2. The van der Waals surface area contributed by atoms with Gasteiger partial charge in [-0.25, -0.2) is 4.79 Å². The fraction of sp³-hybridized carbons (Fsp3) is 0.533. The van der Waals surface area contributed by atoms with E-state index in [1.807, 2.05) is 24.3 Å². The van der Waals surface area contributed by atoms with Crippen molar-refractivity contribution in [1.82, 2.24) is 0 Å². The van der Waals surface area contributed by atoms with Gasteiger partial charge in [-0.3, -0.25) is 0 Å². The van der Waals surface area contributed by atoms with Crippen LogP contribution in [-0.2, 0) is 4.79 Å². The van der Waals surface area contributed by atoms with Gasteiger partial charge in [0, 0.05) is 10.2 Å². The molecule has 2 rings (SSSR count). The van der Waals surface area contributed by atoms with Gasteiger partial charge in [0.05, 0.1) is 0 Å². The molecule has 1 saturated carbocycles. The Bertz CT molecular complexity index is 440. The van der Waals surface area contributed by atoms with E-state index >= 15 is 0 Å². The summed E-state index contributed by atoms with van der Waals surface area (Å²) in [5.74, 6) is -0.727. The average molecular weight is 326 g/mol. The van der Waals surface area contributed by atoms with Crippen molar-refractivity contribution in [2.24, 2.45) is 0 Å². The van der Waals surface area contributed by atoms with Gasteiger partial charge in [0.15, 0.2) is 0 Å². The second kappa shape index (κ2) is 6.42. The van der Waals surface area contributed by atoms with Crippen molar-refractivity contribution in [3.8, 4) is 0 Å². The van der Waals surface area contributed by atoms with E-state index in [0.29, 0.717) is 12.8 Å². The Hall–Kier alpha value is -1.03. The predicted octanol–water partition coefficient (Wildman–Crippen LogP) is 4.43. The largest absolute Gasteiger partial charge is 0.480 e. The van der Waals surface area contributed by atoms with E-state index in [9.17, 15) is 9.90 Å². The highest BCUT2D eigenvalue weighted by molar-refractivity contribution is 9.10. The zero-order chi connectivity index (χ0) is 13.7. The lowest BCUT2D eigenvalue weighted by Crippen LogP contribution is -2.46. The molecule has 1 fully saturated rings. The highest BCUT2D eigenvalue weighted by Crippen LogP contribution is 2.31. The summed E-state index contributed by atoms with van der Waals surface area (Å²) in [6.45, 7) is 0. The average Bonchev–Trinajstić information content (AvgIpc) is 2.32. The molecular weight excluding hydrogens is 306 g/mol. The van der Waals surface area contributed by atoms with Crippen molar-refractivity contribution in [3.05, 3.63) is 28.7 Å². The lowest BCUT2D eigenvalue weighted by atomic mass is 9.83. The summed E-state index contributed by atoms with van der Waals surface area (Å²) in [7, 11) is 0. The summed E-state index contributed by atoms with van der Waals surface area (Å²) in [6.07, 6.45) is 6.86. The van der Waals surface area contributed by atoms with Gasteiger partial charge in [0.1, 0.15) is 5.54 Å². The lowest BCUT2D eigenvalue weighted by Gasteiger charge is -2.33. The molecule has 0 aliphatic heterocycles. The SMILES string of the molecule is O=C(O)C1(Nc2cccc(Br)c2)CCCCCCC1. The fourth-order valence-corrected chi connectivity index (χ4v) is 3.14. The molecule has 0 heterocycles. The third-order valence-electron chi connectivity index (χ3n) is 3.82. The van der Waals surface area contributed by atoms with E-state index in [1.165, 1.54) is 6.42 Å². The van der Waals surface area contributed by atoms with E-state index < -0.39 is 11.5 Å². The molecule has 1 aromatic carbocycles. The number of rotatable bonds is 3. The molecule has 0 aromatic heterocycles. The number of aliphatic carboxylic acids is 1. The molecule has 0 atom stereocenters. The first-order valence-electron chi connectivity index (χ1n) is 6.90. The van der Waals surface area contributed by atoms with Gasteiger partial charge < -0.3 is 10.4 Å². The Morgan fingerprint density at radius 1 is 1.16 bits per heavy atom. The van der Waals surface area contributed by atoms with Crippen LogP contribution in [0.3, 0.4) is 0 Å². The number of benzene rings is 1. The maximum Gasteiger partial charge on any atom is 0.329 e. The summed E-state index contributed by atoms with van der Waals surface area (Å²) < 4.78 is 0.962. The molecule has 1 aliphatic carbocycles. The number of anilines is 1. The minimum atomic E-state index is -0.804. The number of hydrogen-bond donors (Lipinski definition) is 2. The van der Waals surface area contributed by atoms with Crippen LogP contribution in [0.2, 0.25) is 0 Å². The maximum atomic E-state index is 11.8. The molecule has 104 valence electrons. The lowest BCUT2D eigenvalue weighted by molar-refractivity contribution is -0.143. The van der Waals surface area contributed by atoms with E-state index in [2.05, 4.69) is 21.2 Å².